The Morgan fingerprint density at radius 2 is 1.76 bits per heavy atom. The molecule has 1 heterocycles. The maximum Gasteiger partial charge on any atom is 0.257 e. The third-order valence-electron chi connectivity index (χ3n) is 4.79. The molecule has 0 bridgehead atoms. The molecule has 0 atom stereocenters. The molecule has 1 saturated heterocycles. The Labute approximate surface area is 172 Å². The average Bonchev–Trinajstić information content (AvgIpc) is 2.73. The first-order valence-corrected chi connectivity index (χ1v) is 11.3. The third-order valence-corrected chi connectivity index (χ3v) is 6.67. The lowest BCUT2D eigenvalue weighted by Gasteiger charge is -2.35. The van der Waals surface area contributed by atoms with E-state index in [1.54, 1.807) is 12.1 Å². The number of hydrogen-bond acceptors (Lipinski definition) is 5. The zero-order valence-corrected chi connectivity index (χ0v) is 17.4. The lowest BCUT2D eigenvalue weighted by molar-refractivity contribution is -0.122. The first-order chi connectivity index (χ1) is 13.9. The molecule has 8 heteroatoms. The van der Waals surface area contributed by atoms with Gasteiger partial charge in [-0.15, -0.1) is 0 Å². The molecule has 0 saturated carbocycles. The second kappa shape index (κ2) is 9.76. The summed E-state index contributed by atoms with van der Waals surface area (Å²) < 4.78 is 32.0. The standard InChI is InChI=1S/C21H27N3O4S/c1-18-6-5-7-19(16-18)23-11-13-24(14-12-23)29(26,27)15-10-22-21(25)17-28-20-8-3-2-4-9-20/h2-9,16H,10-15,17H2,1H3,(H,22,25). The van der Waals surface area contributed by atoms with Crippen LogP contribution in [0.25, 0.3) is 0 Å². The summed E-state index contributed by atoms with van der Waals surface area (Å²) in [5.74, 6) is 0.143. The van der Waals surface area contributed by atoms with Crippen LogP contribution in [0, 0.1) is 6.92 Å². The molecule has 3 rings (SSSR count). The van der Waals surface area contributed by atoms with E-state index in [0.29, 0.717) is 31.9 Å². The van der Waals surface area contributed by atoms with E-state index in [1.807, 2.05) is 43.3 Å². The van der Waals surface area contributed by atoms with E-state index in [4.69, 9.17) is 4.74 Å². The summed E-state index contributed by atoms with van der Waals surface area (Å²) in [6.07, 6.45) is 0. The number of piperazine rings is 1. The summed E-state index contributed by atoms with van der Waals surface area (Å²) in [7, 11) is -3.41. The number of para-hydroxylation sites is 1. The van der Waals surface area contributed by atoms with E-state index in [2.05, 4.69) is 16.3 Å². The maximum absolute atomic E-state index is 12.6. The summed E-state index contributed by atoms with van der Waals surface area (Å²) in [6.45, 7) is 4.17. The Kier molecular flexibility index (Phi) is 7.11. The van der Waals surface area contributed by atoms with Gasteiger partial charge in [0.05, 0.1) is 5.75 Å². The van der Waals surface area contributed by atoms with E-state index < -0.39 is 10.0 Å². The van der Waals surface area contributed by atoms with Crippen molar-refractivity contribution in [3.63, 3.8) is 0 Å². The molecule has 0 radical (unpaired) electrons. The van der Waals surface area contributed by atoms with Gasteiger partial charge in [0.1, 0.15) is 5.75 Å². The number of amides is 1. The molecule has 29 heavy (non-hydrogen) atoms. The number of carbonyl (C=O) groups is 1. The zero-order valence-electron chi connectivity index (χ0n) is 16.6. The number of benzene rings is 2. The number of hydrogen-bond donors (Lipinski definition) is 1. The lowest BCUT2D eigenvalue weighted by atomic mass is 10.2. The molecule has 1 amide bonds. The molecule has 1 N–H and O–H groups in total. The largest absolute Gasteiger partial charge is 0.484 e. The highest BCUT2D eigenvalue weighted by atomic mass is 32.2. The second-order valence-electron chi connectivity index (χ2n) is 6.99. The van der Waals surface area contributed by atoms with Gasteiger partial charge in [0.25, 0.3) is 5.91 Å². The van der Waals surface area contributed by atoms with Crippen molar-refractivity contribution in [2.24, 2.45) is 0 Å². The van der Waals surface area contributed by atoms with Gasteiger partial charge in [-0.05, 0) is 36.8 Å². The molecule has 0 spiro atoms. The summed E-state index contributed by atoms with van der Waals surface area (Å²) in [5, 5.41) is 2.61. The third kappa shape index (κ3) is 6.20. The van der Waals surface area contributed by atoms with E-state index in [1.165, 1.54) is 9.87 Å². The smallest absolute Gasteiger partial charge is 0.257 e. The van der Waals surface area contributed by atoms with Crippen LogP contribution in [0.1, 0.15) is 5.56 Å². The lowest BCUT2D eigenvalue weighted by Crippen LogP contribution is -2.50. The highest BCUT2D eigenvalue weighted by Gasteiger charge is 2.26. The minimum absolute atomic E-state index is 0.0669. The fraction of sp³-hybridized carbons (Fsp3) is 0.381. The first-order valence-electron chi connectivity index (χ1n) is 9.68. The molecule has 1 aliphatic rings. The molecular weight excluding hydrogens is 390 g/mol. The second-order valence-corrected chi connectivity index (χ2v) is 9.08. The summed E-state index contributed by atoms with van der Waals surface area (Å²) in [6, 6.07) is 17.2. The van der Waals surface area contributed by atoms with E-state index in [9.17, 15) is 13.2 Å². The molecule has 7 nitrogen and oxygen atoms in total. The van der Waals surface area contributed by atoms with E-state index >= 15 is 0 Å². The maximum atomic E-state index is 12.6. The van der Waals surface area contributed by atoms with Gasteiger partial charge in [-0.2, -0.15) is 4.31 Å². The number of anilines is 1. The molecule has 1 aliphatic heterocycles. The van der Waals surface area contributed by atoms with Crippen LogP contribution in [0.3, 0.4) is 0 Å². The molecule has 156 valence electrons. The van der Waals surface area contributed by atoms with Crippen LogP contribution >= 0.6 is 0 Å². The van der Waals surface area contributed by atoms with Crippen LogP contribution in [0.15, 0.2) is 54.6 Å². The number of sulfonamides is 1. The molecule has 2 aromatic carbocycles. The highest BCUT2D eigenvalue weighted by Crippen LogP contribution is 2.19. The Bertz CT molecular complexity index is 911. The van der Waals surface area contributed by atoms with Gasteiger partial charge < -0.3 is 15.0 Å². The normalized spacial score (nSPS) is 15.1. The quantitative estimate of drug-likeness (QED) is 0.707. The predicted molar refractivity (Wildman–Crippen MR) is 114 cm³/mol. The van der Waals surface area contributed by atoms with Crippen LogP contribution in [-0.2, 0) is 14.8 Å². The highest BCUT2D eigenvalue weighted by molar-refractivity contribution is 7.89. The Morgan fingerprint density at radius 1 is 1.03 bits per heavy atom. The number of rotatable bonds is 8. The molecule has 0 aromatic heterocycles. The molecule has 1 fully saturated rings. The Balaban J connectivity index is 1.40. The minimum atomic E-state index is -3.41. The molecule has 0 aliphatic carbocycles. The van der Waals surface area contributed by atoms with Crippen LogP contribution in [0.4, 0.5) is 5.69 Å². The number of aryl methyl sites for hydroxylation is 1. The number of nitrogens with zero attached hydrogens (tertiary/aromatic N) is 2. The number of ether oxygens (including phenoxy) is 1. The van der Waals surface area contributed by atoms with Crippen molar-refractivity contribution in [1.82, 2.24) is 9.62 Å². The van der Waals surface area contributed by atoms with Crippen molar-refractivity contribution >= 4 is 21.6 Å². The topological polar surface area (TPSA) is 79.0 Å². The van der Waals surface area contributed by atoms with E-state index in [0.717, 1.165) is 5.69 Å². The van der Waals surface area contributed by atoms with Gasteiger partial charge in [-0.3, -0.25) is 4.79 Å². The van der Waals surface area contributed by atoms with Gasteiger partial charge in [0.15, 0.2) is 6.61 Å². The van der Waals surface area contributed by atoms with Gasteiger partial charge in [-0.25, -0.2) is 8.42 Å². The van der Waals surface area contributed by atoms with E-state index in [-0.39, 0.29) is 24.8 Å². The van der Waals surface area contributed by atoms with Crippen molar-refractivity contribution in [2.75, 3.05) is 50.0 Å². The Morgan fingerprint density at radius 3 is 2.45 bits per heavy atom. The number of nitrogens with one attached hydrogen (secondary N) is 1. The van der Waals surface area contributed by atoms with Gasteiger partial charge >= 0.3 is 0 Å². The summed E-state index contributed by atoms with van der Waals surface area (Å²) in [5.41, 5.74) is 2.30. The molecule has 2 aromatic rings. The first kappa shape index (κ1) is 21.1. The molecule has 0 unspecified atom stereocenters. The minimum Gasteiger partial charge on any atom is -0.484 e. The van der Waals surface area contributed by atoms with Crippen molar-refractivity contribution in [1.29, 1.82) is 0 Å². The zero-order chi connectivity index (χ0) is 20.7. The van der Waals surface area contributed by atoms with Crippen molar-refractivity contribution < 1.29 is 17.9 Å². The average molecular weight is 418 g/mol. The van der Waals surface area contributed by atoms with Crippen LogP contribution < -0.4 is 15.0 Å². The molecular formula is C21H27N3O4S. The van der Waals surface area contributed by atoms with Gasteiger partial charge in [-0.1, -0.05) is 30.3 Å². The van der Waals surface area contributed by atoms with Crippen LogP contribution in [0.5, 0.6) is 5.75 Å². The summed E-state index contributed by atoms with van der Waals surface area (Å²) in [4.78, 5) is 14.1. The van der Waals surface area contributed by atoms with Crippen molar-refractivity contribution in [3.8, 4) is 5.75 Å². The van der Waals surface area contributed by atoms with Crippen molar-refractivity contribution in [2.45, 2.75) is 6.92 Å². The SMILES string of the molecule is Cc1cccc(N2CCN(S(=O)(=O)CCNC(=O)COc3ccccc3)CC2)c1. The fourth-order valence-corrected chi connectivity index (χ4v) is 4.55. The van der Waals surface area contributed by atoms with Gasteiger partial charge in [0.2, 0.25) is 10.0 Å². The number of carbonyl (C=O) groups excluding carboxylic acids is 1. The summed E-state index contributed by atoms with van der Waals surface area (Å²) >= 11 is 0. The fourth-order valence-electron chi connectivity index (χ4n) is 3.21. The van der Waals surface area contributed by atoms with Crippen molar-refractivity contribution in [3.05, 3.63) is 60.2 Å². The van der Waals surface area contributed by atoms with Gasteiger partial charge in [0, 0.05) is 38.4 Å². The monoisotopic (exact) mass is 417 g/mol. The Hall–Kier alpha value is -2.58. The van der Waals surface area contributed by atoms with Crippen LogP contribution in [0.2, 0.25) is 0 Å². The van der Waals surface area contributed by atoms with Crippen LogP contribution in [-0.4, -0.2) is 63.7 Å². The predicted octanol–water partition coefficient (Wildman–Crippen LogP) is 1.64.